The lowest BCUT2D eigenvalue weighted by molar-refractivity contribution is -0.00554. The molecule has 0 atom stereocenters. The first-order chi connectivity index (χ1) is 10.2. The number of likely N-dealkylation sites (tertiary alicyclic amines) is 1. The third kappa shape index (κ3) is 4.52. The van der Waals surface area contributed by atoms with E-state index in [1.807, 2.05) is 29.2 Å². The first-order valence-electron chi connectivity index (χ1n) is 7.55. The van der Waals surface area contributed by atoms with Gasteiger partial charge in [-0.15, -0.1) is 0 Å². The van der Waals surface area contributed by atoms with Gasteiger partial charge in [0.25, 0.3) is 5.91 Å². The van der Waals surface area contributed by atoms with Crippen LogP contribution in [0, 0.1) is 0 Å². The Morgan fingerprint density at radius 3 is 2.81 bits per heavy atom. The van der Waals surface area contributed by atoms with Crippen LogP contribution in [-0.2, 0) is 11.2 Å². The van der Waals surface area contributed by atoms with E-state index >= 15 is 0 Å². The lowest BCUT2D eigenvalue weighted by atomic mass is 10.0. The van der Waals surface area contributed by atoms with Gasteiger partial charge >= 0.3 is 0 Å². The molecule has 1 saturated heterocycles. The van der Waals surface area contributed by atoms with Crippen molar-refractivity contribution in [1.29, 1.82) is 0 Å². The third-order valence-electron chi connectivity index (χ3n) is 3.78. The minimum atomic E-state index is 0.0487. The maximum absolute atomic E-state index is 12.5. The summed E-state index contributed by atoms with van der Waals surface area (Å²) >= 11 is 0. The molecule has 0 spiro atoms. The van der Waals surface area contributed by atoms with Gasteiger partial charge in [-0.2, -0.15) is 0 Å². The molecule has 0 saturated carbocycles. The second-order valence-corrected chi connectivity index (χ2v) is 5.33. The summed E-state index contributed by atoms with van der Waals surface area (Å²) < 4.78 is 5.52. The van der Waals surface area contributed by atoms with Crippen LogP contribution >= 0.6 is 0 Å². The van der Waals surface area contributed by atoms with Crippen molar-refractivity contribution in [2.75, 3.05) is 32.8 Å². The number of benzene rings is 1. The summed E-state index contributed by atoms with van der Waals surface area (Å²) in [6.45, 7) is 2.42. The molecular formula is C16H24N2O3. The van der Waals surface area contributed by atoms with Crippen molar-refractivity contribution < 1.29 is 14.6 Å². The quantitative estimate of drug-likeness (QED) is 0.813. The summed E-state index contributed by atoms with van der Waals surface area (Å²) in [5.74, 6) is 0.0782. The molecule has 0 aromatic heterocycles. The molecular weight excluding hydrogens is 268 g/mol. The number of aliphatic hydroxyl groups excluding tert-OH is 1. The average molecular weight is 292 g/mol. The van der Waals surface area contributed by atoms with Gasteiger partial charge in [-0.1, -0.05) is 12.1 Å². The van der Waals surface area contributed by atoms with Crippen LogP contribution in [-0.4, -0.2) is 54.9 Å². The molecule has 1 fully saturated rings. The summed E-state index contributed by atoms with van der Waals surface area (Å²) in [5.41, 5.74) is 7.39. The van der Waals surface area contributed by atoms with Crippen LogP contribution in [0.1, 0.15) is 28.8 Å². The van der Waals surface area contributed by atoms with Gasteiger partial charge in [0.2, 0.25) is 0 Å². The van der Waals surface area contributed by atoms with E-state index in [9.17, 15) is 4.79 Å². The van der Waals surface area contributed by atoms with Gasteiger partial charge in [-0.25, -0.2) is 0 Å². The Kier molecular flexibility index (Phi) is 6.17. The van der Waals surface area contributed by atoms with E-state index in [0.29, 0.717) is 26.2 Å². The monoisotopic (exact) mass is 292 g/mol. The van der Waals surface area contributed by atoms with Gasteiger partial charge in [0.15, 0.2) is 0 Å². The highest BCUT2D eigenvalue weighted by molar-refractivity contribution is 5.94. The van der Waals surface area contributed by atoms with E-state index < -0.39 is 0 Å². The van der Waals surface area contributed by atoms with Crippen LogP contribution < -0.4 is 5.73 Å². The highest BCUT2D eigenvalue weighted by Gasteiger charge is 2.23. The Bertz CT molecular complexity index is 457. The molecule has 0 aliphatic carbocycles. The van der Waals surface area contributed by atoms with Gasteiger partial charge in [0.05, 0.1) is 19.3 Å². The average Bonchev–Trinajstić information content (AvgIpc) is 2.53. The van der Waals surface area contributed by atoms with E-state index in [-0.39, 0.29) is 18.6 Å². The van der Waals surface area contributed by atoms with Gasteiger partial charge in [-0.3, -0.25) is 4.79 Å². The van der Waals surface area contributed by atoms with Crippen molar-refractivity contribution >= 4 is 5.91 Å². The first-order valence-corrected chi connectivity index (χ1v) is 7.55. The van der Waals surface area contributed by atoms with E-state index in [1.54, 1.807) is 0 Å². The van der Waals surface area contributed by atoms with Crippen molar-refractivity contribution in [3.8, 4) is 0 Å². The second-order valence-electron chi connectivity index (χ2n) is 5.33. The Balaban J connectivity index is 1.91. The fraction of sp³-hybridized carbons (Fsp3) is 0.562. The number of rotatable bonds is 6. The fourth-order valence-corrected chi connectivity index (χ4v) is 2.65. The summed E-state index contributed by atoms with van der Waals surface area (Å²) in [7, 11) is 0. The van der Waals surface area contributed by atoms with Crippen molar-refractivity contribution in [3.63, 3.8) is 0 Å². The van der Waals surface area contributed by atoms with Crippen molar-refractivity contribution in [2.24, 2.45) is 5.73 Å². The van der Waals surface area contributed by atoms with Crippen LogP contribution in [0.4, 0.5) is 0 Å². The first kappa shape index (κ1) is 15.9. The standard InChI is InChI=1S/C16H24N2O3/c17-7-4-13-2-1-3-14(12-13)16(20)18-8-5-15(6-9-18)21-11-10-19/h1-3,12,15,19H,4-11,17H2. The number of nitrogens with two attached hydrogens (primary N) is 1. The number of carbonyl (C=O) groups is 1. The van der Waals surface area contributed by atoms with Gasteiger partial charge in [-0.05, 0) is 43.5 Å². The zero-order chi connectivity index (χ0) is 15.1. The number of carbonyl (C=O) groups excluding carboxylic acids is 1. The fourth-order valence-electron chi connectivity index (χ4n) is 2.65. The SMILES string of the molecule is NCCc1cccc(C(=O)N2CCC(OCCO)CC2)c1. The molecule has 1 heterocycles. The smallest absolute Gasteiger partial charge is 0.253 e. The second kappa shape index (κ2) is 8.12. The number of ether oxygens (including phenoxy) is 1. The Morgan fingerprint density at radius 1 is 1.38 bits per heavy atom. The molecule has 1 aliphatic heterocycles. The summed E-state index contributed by atoms with van der Waals surface area (Å²) in [5, 5.41) is 8.76. The predicted octanol–water partition coefficient (Wildman–Crippen LogP) is 0.801. The zero-order valence-corrected chi connectivity index (χ0v) is 12.3. The summed E-state index contributed by atoms with van der Waals surface area (Å²) in [6, 6.07) is 7.70. The van der Waals surface area contributed by atoms with Crippen LogP contribution in [0.3, 0.4) is 0 Å². The Morgan fingerprint density at radius 2 is 2.14 bits per heavy atom. The van der Waals surface area contributed by atoms with Gasteiger partial charge < -0.3 is 20.5 Å². The Labute approximate surface area is 125 Å². The number of nitrogens with zero attached hydrogens (tertiary/aromatic N) is 1. The zero-order valence-electron chi connectivity index (χ0n) is 12.3. The number of piperidine rings is 1. The van der Waals surface area contributed by atoms with Crippen molar-refractivity contribution in [2.45, 2.75) is 25.4 Å². The van der Waals surface area contributed by atoms with Crippen LogP contribution in [0.15, 0.2) is 24.3 Å². The molecule has 1 aliphatic rings. The van der Waals surface area contributed by atoms with Crippen molar-refractivity contribution in [3.05, 3.63) is 35.4 Å². The Hall–Kier alpha value is -1.43. The largest absolute Gasteiger partial charge is 0.394 e. The summed E-state index contributed by atoms with van der Waals surface area (Å²) in [4.78, 5) is 14.4. The predicted molar refractivity (Wildman–Crippen MR) is 81.2 cm³/mol. The van der Waals surface area contributed by atoms with Gasteiger partial charge in [0.1, 0.15) is 0 Å². The van der Waals surface area contributed by atoms with Crippen LogP contribution in [0.25, 0.3) is 0 Å². The van der Waals surface area contributed by atoms with Crippen molar-refractivity contribution in [1.82, 2.24) is 4.90 Å². The maximum Gasteiger partial charge on any atom is 0.253 e. The molecule has 0 bridgehead atoms. The molecule has 1 amide bonds. The summed E-state index contributed by atoms with van der Waals surface area (Å²) in [6.07, 6.45) is 2.60. The molecule has 1 aromatic carbocycles. The normalized spacial score (nSPS) is 16.2. The van der Waals surface area contributed by atoms with Gasteiger partial charge in [0, 0.05) is 18.7 Å². The molecule has 2 rings (SSSR count). The number of hydrogen-bond donors (Lipinski definition) is 2. The number of aliphatic hydroxyl groups is 1. The molecule has 21 heavy (non-hydrogen) atoms. The number of amides is 1. The molecule has 1 aromatic rings. The number of hydrogen-bond acceptors (Lipinski definition) is 4. The molecule has 3 N–H and O–H groups in total. The molecule has 0 radical (unpaired) electrons. The lowest BCUT2D eigenvalue weighted by Crippen LogP contribution is -2.41. The van der Waals surface area contributed by atoms with Crippen LogP contribution in [0.5, 0.6) is 0 Å². The van der Waals surface area contributed by atoms with E-state index in [4.69, 9.17) is 15.6 Å². The lowest BCUT2D eigenvalue weighted by Gasteiger charge is -2.32. The van der Waals surface area contributed by atoms with Crippen LogP contribution in [0.2, 0.25) is 0 Å². The topological polar surface area (TPSA) is 75.8 Å². The highest BCUT2D eigenvalue weighted by atomic mass is 16.5. The van der Waals surface area contributed by atoms with E-state index in [1.165, 1.54) is 0 Å². The maximum atomic E-state index is 12.5. The highest BCUT2D eigenvalue weighted by Crippen LogP contribution is 2.17. The van der Waals surface area contributed by atoms with E-state index in [0.717, 1.165) is 30.4 Å². The minimum Gasteiger partial charge on any atom is -0.394 e. The molecule has 5 heteroatoms. The van der Waals surface area contributed by atoms with E-state index in [2.05, 4.69) is 0 Å². The third-order valence-corrected chi connectivity index (χ3v) is 3.78. The molecule has 0 unspecified atom stereocenters. The molecule has 116 valence electrons. The minimum absolute atomic E-state index is 0.0487. The molecule has 5 nitrogen and oxygen atoms in total.